The van der Waals surface area contributed by atoms with Gasteiger partial charge in [-0.2, -0.15) is 0 Å². The van der Waals surface area contributed by atoms with Crippen LogP contribution in [-0.2, 0) is 0 Å². The number of hydrogen-bond donors (Lipinski definition) is 3. The van der Waals surface area contributed by atoms with Crippen LogP contribution in [0.25, 0.3) is 0 Å². The molecule has 0 heterocycles. The smallest absolute Gasteiger partial charge is 0.253 e. The van der Waals surface area contributed by atoms with Crippen molar-refractivity contribution in [2.75, 3.05) is 24.6 Å². The van der Waals surface area contributed by atoms with Crippen molar-refractivity contribution in [3.05, 3.63) is 23.8 Å². The second-order valence-corrected chi connectivity index (χ2v) is 5.30. The van der Waals surface area contributed by atoms with Crippen LogP contribution in [0.3, 0.4) is 0 Å². The van der Waals surface area contributed by atoms with Gasteiger partial charge >= 0.3 is 0 Å². The van der Waals surface area contributed by atoms with E-state index in [4.69, 9.17) is 5.73 Å². The maximum atomic E-state index is 11.7. The number of benzene rings is 1. The molecule has 4 heteroatoms. The largest absolute Gasteiger partial charge is 0.399 e. The molecule has 0 fully saturated rings. The Morgan fingerprint density at radius 2 is 2.00 bits per heavy atom. The lowest BCUT2D eigenvalue weighted by Crippen LogP contribution is -2.23. The Kier molecular flexibility index (Phi) is 3.99. The highest BCUT2D eigenvalue weighted by Gasteiger charge is 2.14. The van der Waals surface area contributed by atoms with Crippen molar-refractivity contribution in [2.24, 2.45) is 5.41 Å². The zero-order valence-electron chi connectivity index (χ0n) is 10.9. The van der Waals surface area contributed by atoms with E-state index in [1.807, 2.05) is 0 Å². The van der Waals surface area contributed by atoms with Gasteiger partial charge in [0.05, 0.1) is 5.56 Å². The molecule has 0 radical (unpaired) electrons. The summed E-state index contributed by atoms with van der Waals surface area (Å²) in [6.45, 7) is 7.17. The van der Waals surface area contributed by atoms with Crippen molar-refractivity contribution in [1.29, 1.82) is 0 Å². The van der Waals surface area contributed by atoms with E-state index in [-0.39, 0.29) is 11.3 Å². The Labute approximate surface area is 103 Å². The van der Waals surface area contributed by atoms with Gasteiger partial charge in [-0.05, 0) is 23.6 Å². The number of amides is 1. The van der Waals surface area contributed by atoms with E-state index in [0.29, 0.717) is 11.3 Å². The fraction of sp³-hybridized carbons (Fsp3) is 0.462. The summed E-state index contributed by atoms with van der Waals surface area (Å²) in [5.74, 6) is -0.110. The first-order valence-corrected chi connectivity index (χ1v) is 5.69. The molecule has 0 saturated carbocycles. The van der Waals surface area contributed by atoms with Crippen LogP contribution < -0.4 is 16.4 Å². The molecular formula is C13H21N3O. The second kappa shape index (κ2) is 5.08. The summed E-state index contributed by atoms with van der Waals surface area (Å²) in [6.07, 6.45) is 0. The molecule has 0 saturated heterocycles. The molecule has 0 unspecified atom stereocenters. The molecule has 1 amide bonds. The maximum absolute atomic E-state index is 11.7. The molecule has 0 atom stereocenters. The van der Waals surface area contributed by atoms with Gasteiger partial charge in [-0.3, -0.25) is 4.79 Å². The normalized spacial score (nSPS) is 11.1. The lowest BCUT2D eigenvalue weighted by Gasteiger charge is -2.21. The van der Waals surface area contributed by atoms with Crippen molar-refractivity contribution in [3.8, 4) is 0 Å². The fourth-order valence-corrected chi connectivity index (χ4v) is 1.40. The Morgan fingerprint density at radius 1 is 1.35 bits per heavy atom. The van der Waals surface area contributed by atoms with Gasteiger partial charge in [0.1, 0.15) is 0 Å². The topological polar surface area (TPSA) is 67.2 Å². The number of anilines is 2. The number of nitrogen functional groups attached to an aromatic ring is 1. The van der Waals surface area contributed by atoms with Crippen molar-refractivity contribution >= 4 is 17.3 Å². The van der Waals surface area contributed by atoms with Crippen molar-refractivity contribution < 1.29 is 4.79 Å². The zero-order chi connectivity index (χ0) is 13.1. The third-order valence-corrected chi connectivity index (χ3v) is 2.32. The lowest BCUT2D eigenvalue weighted by molar-refractivity contribution is 0.0964. The van der Waals surface area contributed by atoms with Crippen LogP contribution in [0.1, 0.15) is 31.1 Å². The van der Waals surface area contributed by atoms with E-state index in [1.54, 1.807) is 25.2 Å². The van der Waals surface area contributed by atoms with E-state index in [2.05, 4.69) is 31.4 Å². The quantitative estimate of drug-likeness (QED) is 0.703. The Balaban J connectivity index is 2.95. The number of rotatable bonds is 3. The number of nitrogens with two attached hydrogens (primary N) is 1. The summed E-state index contributed by atoms with van der Waals surface area (Å²) in [5, 5.41) is 5.89. The molecule has 1 rings (SSSR count). The molecule has 0 aliphatic rings. The predicted octanol–water partition coefficient (Wildman–Crippen LogP) is 2.09. The first-order chi connectivity index (χ1) is 7.83. The number of carbonyl (C=O) groups excluding carboxylic acids is 1. The molecular weight excluding hydrogens is 214 g/mol. The lowest BCUT2D eigenvalue weighted by atomic mass is 9.96. The van der Waals surface area contributed by atoms with Crippen molar-refractivity contribution in [1.82, 2.24) is 5.32 Å². The van der Waals surface area contributed by atoms with Crippen LogP contribution in [0.5, 0.6) is 0 Å². The van der Waals surface area contributed by atoms with E-state index < -0.39 is 0 Å². The molecule has 0 aromatic heterocycles. The summed E-state index contributed by atoms with van der Waals surface area (Å²) in [4.78, 5) is 11.7. The third kappa shape index (κ3) is 3.98. The second-order valence-electron chi connectivity index (χ2n) is 5.30. The summed E-state index contributed by atoms with van der Waals surface area (Å²) in [7, 11) is 1.62. The molecule has 4 nitrogen and oxygen atoms in total. The first kappa shape index (κ1) is 13.4. The number of hydrogen-bond acceptors (Lipinski definition) is 3. The van der Waals surface area contributed by atoms with Gasteiger partial charge in [0, 0.05) is 25.0 Å². The Bertz CT molecular complexity index is 408. The average molecular weight is 235 g/mol. The van der Waals surface area contributed by atoms with Gasteiger partial charge in [0.2, 0.25) is 0 Å². The van der Waals surface area contributed by atoms with E-state index in [1.165, 1.54) is 0 Å². The molecule has 0 aliphatic heterocycles. The molecule has 17 heavy (non-hydrogen) atoms. The summed E-state index contributed by atoms with van der Waals surface area (Å²) in [6, 6.07) is 5.25. The van der Waals surface area contributed by atoms with Crippen LogP contribution in [-0.4, -0.2) is 19.5 Å². The monoisotopic (exact) mass is 235 g/mol. The summed E-state index contributed by atoms with van der Waals surface area (Å²) < 4.78 is 0. The van der Waals surface area contributed by atoms with E-state index in [9.17, 15) is 4.79 Å². The highest BCUT2D eigenvalue weighted by atomic mass is 16.1. The van der Waals surface area contributed by atoms with E-state index in [0.717, 1.165) is 12.2 Å². The molecule has 1 aromatic rings. The third-order valence-electron chi connectivity index (χ3n) is 2.32. The summed E-state index contributed by atoms with van der Waals surface area (Å²) in [5.41, 5.74) is 7.92. The van der Waals surface area contributed by atoms with E-state index >= 15 is 0 Å². The van der Waals surface area contributed by atoms with Crippen LogP contribution in [0.2, 0.25) is 0 Å². The highest BCUT2D eigenvalue weighted by Crippen LogP contribution is 2.21. The van der Waals surface area contributed by atoms with Gasteiger partial charge in [-0.1, -0.05) is 20.8 Å². The average Bonchev–Trinajstić information content (AvgIpc) is 2.24. The SMILES string of the molecule is CNC(=O)c1ccc(N)cc1NCC(C)(C)C. The molecule has 0 aliphatic carbocycles. The van der Waals surface area contributed by atoms with Gasteiger partial charge < -0.3 is 16.4 Å². The number of carbonyl (C=O) groups is 1. The van der Waals surface area contributed by atoms with Crippen LogP contribution >= 0.6 is 0 Å². The van der Waals surface area contributed by atoms with Gasteiger partial charge in [0.15, 0.2) is 0 Å². The minimum Gasteiger partial charge on any atom is -0.399 e. The van der Waals surface area contributed by atoms with Crippen molar-refractivity contribution in [2.45, 2.75) is 20.8 Å². The fourth-order valence-electron chi connectivity index (χ4n) is 1.40. The highest BCUT2D eigenvalue weighted by molar-refractivity contribution is 6.00. The van der Waals surface area contributed by atoms with Crippen molar-refractivity contribution in [3.63, 3.8) is 0 Å². The predicted molar refractivity (Wildman–Crippen MR) is 72.2 cm³/mol. The Morgan fingerprint density at radius 3 is 2.53 bits per heavy atom. The molecule has 0 bridgehead atoms. The zero-order valence-corrected chi connectivity index (χ0v) is 10.9. The minimum atomic E-state index is -0.110. The molecule has 94 valence electrons. The van der Waals surface area contributed by atoms with Gasteiger partial charge in [-0.25, -0.2) is 0 Å². The Hall–Kier alpha value is -1.71. The minimum absolute atomic E-state index is 0.110. The molecule has 0 spiro atoms. The standard InChI is InChI=1S/C13H21N3O/c1-13(2,3)8-16-11-7-9(14)5-6-10(11)12(17)15-4/h5-7,16H,8,14H2,1-4H3,(H,15,17). The first-order valence-electron chi connectivity index (χ1n) is 5.69. The van der Waals surface area contributed by atoms with Gasteiger partial charge in [0.25, 0.3) is 5.91 Å². The number of nitrogens with one attached hydrogen (secondary N) is 2. The van der Waals surface area contributed by atoms with Crippen LogP contribution in [0.4, 0.5) is 11.4 Å². The van der Waals surface area contributed by atoms with Crippen LogP contribution in [0, 0.1) is 5.41 Å². The maximum Gasteiger partial charge on any atom is 0.253 e. The molecule has 1 aromatic carbocycles. The summed E-state index contributed by atoms with van der Waals surface area (Å²) >= 11 is 0. The van der Waals surface area contributed by atoms with Crippen LogP contribution in [0.15, 0.2) is 18.2 Å². The molecule has 4 N–H and O–H groups in total. The van der Waals surface area contributed by atoms with Gasteiger partial charge in [-0.15, -0.1) is 0 Å².